The number of piperazine rings is 1. The quantitative estimate of drug-likeness (QED) is 0.768. The molecule has 0 aliphatic carbocycles. The van der Waals surface area contributed by atoms with Crippen LogP contribution in [0.15, 0.2) is 54.6 Å². The van der Waals surface area contributed by atoms with Crippen molar-refractivity contribution in [2.24, 2.45) is 0 Å². The molecule has 0 radical (unpaired) electrons. The van der Waals surface area contributed by atoms with Gasteiger partial charge in [-0.3, -0.25) is 0 Å². The van der Waals surface area contributed by atoms with Crippen molar-refractivity contribution in [2.45, 2.75) is 12.7 Å². The molecule has 0 atom stereocenters. The highest BCUT2D eigenvalue weighted by molar-refractivity contribution is 7.89. The molecule has 136 valence electrons. The molecule has 4 rings (SSSR count). The predicted molar refractivity (Wildman–Crippen MR) is 106 cm³/mol. The second kappa shape index (κ2) is 6.78. The van der Waals surface area contributed by atoms with E-state index in [-0.39, 0.29) is 5.75 Å². The van der Waals surface area contributed by atoms with Gasteiger partial charge in [-0.25, -0.2) is 12.4 Å². The molecule has 0 unspecified atom stereocenters. The van der Waals surface area contributed by atoms with E-state index in [1.54, 1.807) is 0 Å². The van der Waals surface area contributed by atoms with Crippen LogP contribution in [0.25, 0.3) is 10.9 Å². The van der Waals surface area contributed by atoms with Gasteiger partial charge in [0.15, 0.2) is 0 Å². The van der Waals surface area contributed by atoms with Crippen molar-refractivity contribution in [3.05, 3.63) is 65.9 Å². The van der Waals surface area contributed by atoms with Gasteiger partial charge < -0.3 is 10.2 Å². The molecule has 0 spiro atoms. The van der Waals surface area contributed by atoms with Gasteiger partial charge >= 0.3 is 0 Å². The third-order valence-corrected chi connectivity index (χ3v) is 6.65. The molecule has 1 aliphatic rings. The molecule has 2 heterocycles. The fraction of sp³-hybridized carbons (Fsp3) is 0.300. The Morgan fingerprint density at radius 2 is 1.62 bits per heavy atom. The summed E-state index contributed by atoms with van der Waals surface area (Å²) in [6.45, 7) is 5.51. The normalized spacial score (nSPS) is 15.5. The molecule has 1 aromatic heterocycles. The first-order valence-corrected chi connectivity index (χ1v) is 10.5. The summed E-state index contributed by atoms with van der Waals surface area (Å²) in [4.78, 5) is 2.29. The topological polar surface area (TPSA) is 54.3 Å². The Morgan fingerprint density at radius 1 is 0.962 bits per heavy atom. The van der Waals surface area contributed by atoms with Gasteiger partial charge in [0, 0.05) is 31.6 Å². The maximum Gasteiger partial charge on any atom is 0.243 e. The van der Waals surface area contributed by atoms with Crippen LogP contribution in [0.4, 0.5) is 5.69 Å². The Hall–Kier alpha value is -2.31. The predicted octanol–water partition coefficient (Wildman–Crippen LogP) is 2.74. The molecule has 26 heavy (non-hydrogen) atoms. The number of nitrogens with zero attached hydrogens (tertiary/aromatic N) is 2. The molecule has 3 aromatic rings. The van der Waals surface area contributed by atoms with Crippen LogP contribution in [-0.4, -0.2) is 38.6 Å². The molecule has 0 amide bonds. The van der Waals surface area contributed by atoms with Crippen LogP contribution in [0, 0.1) is 6.92 Å². The van der Waals surface area contributed by atoms with Gasteiger partial charge in [0.2, 0.25) is 10.0 Å². The molecule has 1 N–H and O–H groups in total. The van der Waals surface area contributed by atoms with Crippen LogP contribution >= 0.6 is 0 Å². The number of para-hydroxylation sites is 1. The van der Waals surface area contributed by atoms with E-state index < -0.39 is 10.0 Å². The van der Waals surface area contributed by atoms with E-state index in [9.17, 15) is 8.42 Å². The lowest BCUT2D eigenvalue weighted by Gasteiger charge is -2.29. The number of anilines is 1. The van der Waals surface area contributed by atoms with Crippen molar-refractivity contribution in [2.75, 3.05) is 31.1 Å². The van der Waals surface area contributed by atoms with Gasteiger partial charge in [-0.15, -0.1) is 0 Å². The summed E-state index contributed by atoms with van der Waals surface area (Å²) in [7, 11) is -3.51. The zero-order chi connectivity index (χ0) is 18.1. The van der Waals surface area contributed by atoms with Crippen molar-refractivity contribution in [3.8, 4) is 0 Å². The van der Waals surface area contributed by atoms with Crippen molar-refractivity contribution < 1.29 is 8.42 Å². The Bertz CT molecular complexity index is 1020. The Morgan fingerprint density at radius 3 is 2.35 bits per heavy atom. The first-order valence-electron chi connectivity index (χ1n) is 8.91. The maximum absolute atomic E-state index is 13.3. The van der Waals surface area contributed by atoms with E-state index in [2.05, 4.69) is 10.2 Å². The number of rotatable bonds is 4. The van der Waals surface area contributed by atoms with Gasteiger partial charge in [-0.2, -0.15) is 0 Å². The number of benzene rings is 2. The molecule has 2 aromatic carbocycles. The molecule has 1 aliphatic heterocycles. The molecular weight excluding hydrogens is 346 g/mol. The summed E-state index contributed by atoms with van der Waals surface area (Å²) in [5.74, 6) is -0.00561. The van der Waals surface area contributed by atoms with Crippen LogP contribution < -0.4 is 10.2 Å². The number of nitrogens with one attached hydrogen (secondary N) is 1. The summed E-state index contributed by atoms with van der Waals surface area (Å²) in [5, 5.41) is 4.36. The smallest absolute Gasteiger partial charge is 0.243 e. The number of hydrogen-bond donors (Lipinski definition) is 1. The monoisotopic (exact) mass is 369 g/mol. The second-order valence-corrected chi connectivity index (χ2v) is 8.51. The van der Waals surface area contributed by atoms with E-state index in [0.29, 0.717) is 0 Å². The van der Waals surface area contributed by atoms with E-state index in [1.165, 1.54) is 3.97 Å². The van der Waals surface area contributed by atoms with Gasteiger partial charge in [0.05, 0.1) is 22.7 Å². The largest absolute Gasteiger partial charge is 0.367 e. The standard InChI is InChI=1S/C20H23N3O2S/c1-16-20(22-13-11-21-12-14-22)18-9-5-6-10-19(18)23(16)26(24,25)15-17-7-3-2-4-8-17/h2-10,21H,11-15H2,1H3. The van der Waals surface area contributed by atoms with Crippen molar-refractivity contribution >= 4 is 26.6 Å². The highest BCUT2D eigenvalue weighted by Crippen LogP contribution is 2.35. The lowest BCUT2D eigenvalue weighted by molar-refractivity contribution is 0.583. The highest BCUT2D eigenvalue weighted by atomic mass is 32.2. The Kier molecular flexibility index (Phi) is 4.46. The Labute approximate surface area is 154 Å². The van der Waals surface area contributed by atoms with Gasteiger partial charge in [0.25, 0.3) is 0 Å². The average molecular weight is 369 g/mol. The summed E-state index contributed by atoms with van der Waals surface area (Å²) in [5.41, 5.74) is 3.39. The lowest BCUT2D eigenvalue weighted by Crippen LogP contribution is -2.43. The van der Waals surface area contributed by atoms with Crippen molar-refractivity contribution in [1.82, 2.24) is 9.29 Å². The summed E-state index contributed by atoms with van der Waals surface area (Å²) in [6, 6.07) is 17.2. The number of aromatic nitrogens is 1. The summed E-state index contributed by atoms with van der Waals surface area (Å²) >= 11 is 0. The highest BCUT2D eigenvalue weighted by Gasteiger charge is 2.26. The van der Waals surface area contributed by atoms with Gasteiger partial charge in [0.1, 0.15) is 0 Å². The third-order valence-electron chi connectivity index (χ3n) is 4.93. The number of hydrogen-bond acceptors (Lipinski definition) is 4. The number of fused-ring (bicyclic) bond motifs is 1. The zero-order valence-electron chi connectivity index (χ0n) is 14.9. The van der Waals surface area contributed by atoms with Crippen molar-refractivity contribution in [3.63, 3.8) is 0 Å². The minimum Gasteiger partial charge on any atom is -0.367 e. The minimum atomic E-state index is -3.51. The first kappa shape index (κ1) is 17.1. The van der Waals surface area contributed by atoms with Crippen LogP contribution in [0.1, 0.15) is 11.3 Å². The van der Waals surface area contributed by atoms with E-state index >= 15 is 0 Å². The van der Waals surface area contributed by atoms with E-state index in [4.69, 9.17) is 0 Å². The molecule has 5 nitrogen and oxygen atoms in total. The molecule has 1 saturated heterocycles. The molecule has 0 bridgehead atoms. The summed E-state index contributed by atoms with van der Waals surface area (Å²) < 4.78 is 28.1. The molecule has 6 heteroatoms. The van der Waals surface area contributed by atoms with Gasteiger partial charge in [-0.1, -0.05) is 48.5 Å². The fourth-order valence-electron chi connectivity index (χ4n) is 3.82. The molecular formula is C20H23N3O2S. The van der Waals surface area contributed by atoms with Crippen LogP contribution in [0.5, 0.6) is 0 Å². The Balaban J connectivity index is 1.86. The van der Waals surface area contributed by atoms with E-state index in [1.807, 2.05) is 61.5 Å². The van der Waals surface area contributed by atoms with Gasteiger partial charge in [-0.05, 0) is 18.6 Å². The summed E-state index contributed by atoms with van der Waals surface area (Å²) in [6.07, 6.45) is 0. The first-order chi connectivity index (χ1) is 12.6. The minimum absolute atomic E-state index is 0.00561. The maximum atomic E-state index is 13.3. The van der Waals surface area contributed by atoms with Crippen LogP contribution in [0.2, 0.25) is 0 Å². The molecule has 1 fully saturated rings. The third kappa shape index (κ3) is 2.99. The second-order valence-electron chi connectivity index (χ2n) is 6.69. The average Bonchev–Trinajstić information content (AvgIpc) is 2.95. The lowest BCUT2D eigenvalue weighted by atomic mass is 10.2. The van der Waals surface area contributed by atoms with E-state index in [0.717, 1.165) is 54.0 Å². The van der Waals surface area contributed by atoms with Crippen LogP contribution in [-0.2, 0) is 15.8 Å². The molecule has 0 saturated carbocycles. The van der Waals surface area contributed by atoms with Crippen molar-refractivity contribution in [1.29, 1.82) is 0 Å². The fourth-order valence-corrected chi connectivity index (χ4v) is 5.52. The van der Waals surface area contributed by atoms with Crippen LogP contribution in [0.3, 0.4) is 0 Å². The SMILES string of the molecule is Cc1c(N2CCNCC2)c2ccccc2n1S(=O)(=O)Cc1ccccc1. The zero-order valence-corrected chi connectivity index (χ0v) is 15.7.